The second kappa shape index (κ2) is 6.37. The van der Waals surface area contributed by atoms with Crippen molar-refractivity contribution in [1.82, 2.24) is 24.9 Å². The van der Waals surface area contributed by atoms with Gasteiger partial charge in [-0.1, -0.05) is 12.2 Å². The molecular formula is C19H19FN6OS. The van der Waals surface area contributed by atoms with Crippen molar-refractivity contribution in [3.63, 3.8) is 0 Å². The number of rotatable bonds is 0. The van der Waals surface area contributed by atoms with Crippen molar-refractivity contribution in [3.05, 3.63) is 47.2 Å². The lowest BCUT2D eigenvalue weighted by Gasteiger charge is -2.25. The van der Waals surface area contributed by atoms with E-state index in [1.165, 1.54) is 12.3 Å². The van der Waals surface area contributed by atoms with Gasteiger partial charge in [0.1, 0.15) is 23.2 Å². The van der Waals surface area contributed by atoms with Gasteiger partial charge in [0.05, 0.1) is 30.5 Å². The van der Waals surface area contributed by atoms with Crippen molar-refractivity contribution in [1.29, 1.82) is 0 Å². The zero-order valence-corrected chi connectivity index (χ0v) is 16.3. The van der Waals surface area contributed by atoms with Crippen molar-refractivity contribution in [2.75, 3.05) is 11.5 Å². The third kappa shape index (κ3) is 2.77. The lowest BCUT2D eigenvalue weighted by atomic mass is 10.2. The van der Waals surface area contributed by atoms with Crippen molar-refractivity contribution in [3.8, 4) is 5.88 Å². The number of pyridine rings is 1. The molecule has 3 aromatic heterocycles. The van der Waals surface area contributed by atoms with Gasteiger partial charge in [-0.25, -0.2) is 18.9 Å². The summed E-state index contributed by atoms with van der Waals surface area (Å²) in [6.07, 6.45) is 5.76. The third-order valence-corrected chi connectivity index (χ3v) is 5.53. The van der Waals surface area contributed by atoms with E-state index >= 15 is 0 Å². The Bertz CT molecular complexity index is 1100. The summed E-state index contributed by atoms with van der Waals surface area (Å²) in [5.74, 6) is 0.921. The van der Waals surface area contributed by atoms with E-state index in [2.05, 4.69) is 27.2 Å². The van der Waals surface area contributed by atoms with E-state index in [0.717, 1.165) is 23.4 Å². The highest BCUT2D eigenvalue weighted by atomic mass is 32.1. The van der Waals surface area contributed by atoms with Gasteiger partial charge in [0.2, 0.25) is 5.88 Å². The molecule has 2 bridgehead atoms. The van der Waals surface area contributed by atoms with Crippen LogP contribution in [0.15, 0.2) is 24.7 Å². The van der Waals surface area contributed by atoms with Gasteiger partial charge in [-0.3, -0.25) is 0 Å². The van der Waals surface area contributed by atoms with Crippen LogP contribution < -0.4 is 15.0 Å². The number of hydrogen-bond donors (Lipinski definition) is 1. The molecule has 0 radical (unpaired) electrons. The lowest BCUT2D eigenvalue weighted by molar-refractivity contribution is 0.273. The molecule has 0 saturated heterocycles. The fourth-order valence-corrected chi connectivity index (χ4v) is 4.15. The molecule has 5 heterocycles. The highest BCUT2D eigenvalue weighted by Gasteiger charge is 2.30. The number of fused-ring (bicyclic) bond motifs is 1. The second-order valence-electron chi connectivity index (χ2n) is 7.40. The predicted octanol–water partition coefficient (Wildman–Crippen LogP) is 2.26. The Morgan fingerprint density at radius 1 is 1.29 bits per heavy atom. The fraction of sp³-hybridized carbons (Fsp3) is 0.368. The van der Waals surface area contributed by atoms with Crippen LogP contribution in [0.4, 0.5) is 10.2 Å². The quantitative estimate of drug-likeness (QED) is 0.583. The summed E-state index contributed by atoms with van der Waals surface area (Å²) in [4.78, 5) is 11.8. The van der Waals surface area contributed by atoms with Crippen molar-refractivity contribution < 1.29 is 9.13 Å². The first kappa shape index (κ1) is 17.3. The number of nitrogens with one attached hydrogen (secondary N) is 1. The molecule has 0 aliphatic carbocycles. The van der Waals surface area contributed by atoms with Crippen LogP contribution in [0.25, 0.3) is 5.65 Å². The van der Waals surface area contributed by atoms with Gasteiger partial charge in [0.15, 0.2) is 5.65 Å². The molecule has 0 spiro atoms. The van der Waals surface area contributed by atoms with Gasteiger partial charge in [0.25, 0.3) is 0 Å². The maximum Gasteiger partial charge on any atom is 0.218 e. The first-order chi connectivity index (χ1) is 13.5. The molecule has 3 aromatic rings. The number of hydrogen-bond acceptors (Lipinski definition) is 6. The molecule has 5 rings (SSSR count). The van der Waals surface area contributed by atoms with Crippen LogP contribution >= 0.6 is 12.2 Å². The van der Waals surface area contributed by atoms with Crippen molar-refractivity contribution in [2.45, 2.75) is 38.9 Å². The molecule has 0 unspecified atom stereocenters. The van der Waals surface area contributed by atoms with Crippen LogP contribution in [0.5, 0.6) is 5.88 Å². The number of thiocarbonyl (C=S) groups is 1. The number of ether oxygens (including phenoxy) is 1. The lowest BCUT2D eigenvalue weighted by Crippen LogP contribution is -2.36. The van der Waals surface area contributed by atoms with Crippen LogP contribution in [0.3, 0.4) is 0 Å². The molecule has 7 nitrogen and oxygen atoms in total. The molecule has 0 amide bonds. The third-order valence-electron chi connectivity index (χ3n) is 5.19. The summed E-state index contributed by atoms with van der Waals surface area (Å²) < 4.78 is 21.6. The van der Waals surface area contributed by atoms with Gasteiger partial charge in [-0.15, -0.1) is 0 Å². The number of anilines is 1. The molecule has 0 aromatic carbocycles. The summed E-state index contributed by atoms with van der Waals surface area (Å²) in [5.41, 5.74) is 3.29. The van der Waals surface area contributed by atoms with E-state index in [0.29, 0.717) is 35.2 Å². The molecule has 2 aliphatic rings. The summed E-state index contributed by atoms with van der Waals surface area (Å²) in [6, 6.07) is 1.63. The largest absolute Gasteiger partial charge is 0.475 e. The minimum absolute atomic E-state index is 0.0652. The molecule has 144 valence electrons. The Hall–Kier alpha value is -2.81. The average Bonchev–Trinajstić information content (AvgIpc) is 3.19. The second-order valence-corrected chi connectivity index (χ2v) is 7.81. The van der Waals surface area contributed by atoms with E-state index in [1.807, 2.05) is 13.1 Å². The standard InChI is InChI=1S/C19H19FN6OS/c1-10-9-27-18-13(4-14(20)5-21-18)7-25-11(2)3-12-8-26-17(24-16(12)25)15(6-22-26)19(28)23-10/h4-6,8,10-11H,3,7,9H2,1-2H3,(H,23,28)/t10-,11-/m1/s1. The maximum atomic E-state index is 13.9. The molecule has 28 heavy (non-hydrogen) atoms. The van der Waals surface area contributed by atoms with Gasteiger partial charge >= 0.3 is 0 Å². The van der Waals surface area contributed by atoms with E-state index in [-0.39, 0.29) is 17.9 Å². The van der Waals surface area contributed by atoms with Crippen LogP contribution in [0, 0.1) is 5.82 Å². The van der Waals surface area contributed by atoms with Crippen LogP contribution in [-0.2, 0) is 13.0 Å². The Balaban J connectivity index is 1.68. The van der Waals surface area contributed by atoms with Gasteiger partial charge in [-0.2, -0.15) is 5.10 Å². The van der Waals surface area contributed by atoms with E-state index in [1.54, 1.807) is 10.7 Å². The highest BCUT2D eigenvalue weighted by molar-refractivity contribution is 7.80. The smallest absolute Gasteiger partial charge is 0.218 e. The molecular weight excluding hydrogens is 379 g/mol. The van der Waals surface area contributed by atoms with Crippen LogP contribution in [0.1, 0.15) is 30.5 Å². The molecule has 0 saturated carbocycles. The summed E-state index contributed by atoms with van der Waals surface area (Å²) in [7, 11) is 0. The Morgan fingerprint density at radius 3 is 3.00 bits per heavy atom. The average molecular weight is 398 g/mol. The predicted molar refractivity (Wildman–Crippen MR) is 106 cm³/mol. The number of halogens is 1. The summed E-state index contributed by atoms with van der Waals surface area (Å²) >= 11 is 5.58. The van der Waals surface area contributed by atoms with E-state index in [4.69, 9.17) is 21.9 Å². The number of nitrogens with zero attached hydrogens (tertiary/aromatic N) is 5. The van der Waals surface area contributed by atoms with Crippen molar-refractivity contribution in [2.24, 2.45) is 0 Å². The zero-order chi connectivity index (χ0) is 19.4. The highest BCUT2D eigenvalue weighted by Crippen LogP contribution is 2.34. The summed E-state index contributed by atoms with van der Waals surface area (Å²) in [6.45, 7) is 4.91. The Morgan fingerprint density at radius 2 is 2.14 bits per heavy atom. The zero-order valence-electron chi connectivity index (χ0n) is 15.5. The van der Waals surface area contributed by atoms with Crippen molar-refractivity contribution >= 4 is 28.7 Å². The first-order valence-electron chi connectivity index (χ1n) is 9.21. The minimum Gasteiger partial charge on any atom is -0.475 e. The summed E-state index contributed by atoms with van der Waals surface area (Å²) in [5, 5.41) is 7.69. The molecule has 2 atom stereocenters. The minimum atomic E-state index is -0.382. The van der Waals surface area contributed by atoms with Gasteiger partial charge < -0.3 is 15.0 Å². The molecule has 1 N–H and O–H groups in total. The molecule has 0 fully saturated rings. The Labute approximate surface area is 166 Å². The SMILES string of the molecule is C[C@@H]1COc2ncc(F)cc2CN2c3nc4c(cnn4cc3C[C@H]2C)C(=S)N1. The first-order valence-corrected chi connectivity index (χ1v) is 9.62. The van der Waals surface area contributed by atoms with Crippen LogP contribution in [-0.4, -0.2) is 43.3 Å². The molecule has 9 heteroatoms. The normalized spacial score (nSPS) is 21.5. The monoisotopic (exact) mass is 398 g/mol. The maximum absolute atomic E-state index is 13.9. The Kier molecular flexibility index (Phi) is 3.94. The van der Waals surface area contributed by atoms with Crippen LogP contribution in [0.2, 0.25) is 0 Å². The molecule has 2 aliphatic heterocycles. The fourth-order valence-electron chi connectivity index (χ4n) is 3.80. The van der Waals surface area contributed by atoms with Gasteiger partial charge in [0, 0.05) is 23.4 Å². The van der Waals surface area contributed by atoms with E-state index in [9.17, 15) is 4.39 Å². The van der Waals surface area contributed by atoms with Gasteiger partial charge in [-0.05, 0) is 26.3 Å². The topological polar surface area (TPSA) is 67.6 Å². The number of aromatic nitrogens is 4. The van der Waals surface area contributed by atoms with E-state index < -0.39 is 0 Å².